The molecule has 0 aliphatic rings. The summed E-state index contributed by atoms with van der Waals surface area (Å²) in [4.78, 5) is 0. The standard InChI is InChI=1S/C3H7F2O3P/c1-2-7-9(6)8-3(4)5/h3,9H,2H2,1H3. The lowest BCUT2D eigenvalue weighted by Gasteiger charge is -1.99. The van der Waals surface area contributed by atoms with Crippen molar-refractivity contribution in [2.75, 3.05) is 6.61 Å². The van der Waals surface area contributed by atoms with Gasteiger partial charge in [0, 0.05) is 0 Å². The van der Waals surface area contributed by atoms with Gasteiger partial charge in [-0.05, 0) is 6.92 Å². The maximum absolute atomic E-state index is 11.1. The Kier molecular flexibility index (Phi) is 4.85. The summed E-state index contributed by atoms with van der Waals surface area (Å²) in [5, 5.41) is 0. The van der Waals surface area contributed by atoms with E-state index >= 15 is 0 Å². The van der Waals surface area contributed by atoms with E-state index in [4.69, 9.17) is 0 Å². The van der Waals surface area contributed by atoms with Crippen LogP contribution in [0.15, 0.2) is 0 Å². The first kappa shape index (κ1) is 9.01. The lowest BCUT2D eigenvalue weighted by molar-refractivity contribution is -0.0536. The molecule has 0 N–H and O–H groups in total. The molecular formula is C3H7F2O3P. The monoisotopic (exact) mass is 160 g/mol. The molecule has 0 aromatic heterocycles. The lowest BCUT2D eigenvalue weighted by atomic mass is 10.9. The molecule has 0 fully saturated rings. The molecule has 0 spiro atoms. The first-order chi connectivity index (χ1) is 4.16. The zero-order valence-electron chi connectivity index (χ0n) is 4.77. The number of halogens is 2. The number of hydrogen-bond donors (Lipinski definition) is 0. The Hall–Kier alpha value is 0.01000. The highest BCUT2D eigenvalue weighted by molar-refractivity contribution is 7.33. The van der Waals surface area contributed by atoms with Gasteiger partial charge in [-0.15, -0.1) is 0 Å². The Morgan fingerprint density at radius 2 is 2.22 bits per heavy atom. The molecular weight excluding hydrogens is 153 g/mol. The smallest absolute Gasteiger partial charge is 0.311 e. The van der Waals surface area contributed by atoms with Crippen molar-refractivity contribution in [3.8, 4) is 0 Å². The maximum atomic E-state index is 11.1. The Bertz CT molecular complexity index is 97.1. The molecule has 0 aliphatic heterocycles. The van der Waals surface area contributed by atoms with Crippen LogP contribution in [0.4, 0.5) is 8.78 Å². The van der Waals surface area contributed by atoms with Crippen molar-refractivity contribution < 1.29 is 22.4 Å². The van der Waals surface area contributed by atoms with Gasteiger partial charge in [-0.1, -0.05) is 0 Å². The van der Waals surface area contributed by atoms with E-state index in [2.05, 4.69) is 9.05 Å². The fraction of sp³-hybridized carbons (Fsp3) is 1.00. The van der Waals surface area contributed by atoms with E-state index in [1.165, 1.54) is 6.92 Å². The van der Waals surface area contributed by atoms with Crippen LogP contribution < -0.4 is 0 Å². The van der Waals surface area contributed by atoms with Crippen LogP contribution in [0.5, 0.6) is 0 Å². The van der Waals surface area contributed by atoms with E-state index in [1.54, 1.807) is 0 Å². The average molecular weight is 160 g/mol. The second-order valence-electron chi connectivity index (χ2n) is 1.06. The van der Waals surface area contributed by atoms with Gasteiger partial charge in [0.05, 0.1) is 6.61 Å². The van der Waals surface area contributed by atoms with Crippen LogP contribution in [0, 0.1) is 0 Å². The third-order valence-electron chi connectivity index (χ3n) is 0.448. The minimum Gasteiger partial charge on any atom is -0.311 e. The molecule has 3 nitrogen and oxygen atoms in total. The van der Waals surface area contributed by atoms with Crippen LogP contribution in [-0.4, -0.2) is 13.2 Å². The van der Waals surface area contributed by atoms with Crippen LogP contribution >= 0.6 is 8.25 Å². The third kappa shape index (κ3) is 5.89. The largest absolute Gasteiger partial charge is 0.351 e. The summed E-state index contributed by atoms with van der Waals surface area (Å²) in [5.74, 6) is 0. The second kappa shape index (κ2) is 4.85. The van der Waals surface area contributed by atoms with Gasteiger partial charge in [-0.25, -0.2) is 4.52 Å². The fourth-order valence-corrected chi connectivity index (χ4v) is 0.674. The van der Waals surface area contributed by atoms with Crippen molar-refractivity contribution in [3.63, 3.8) is 0 Å². The Morgan fingerprint density at radius 1 is 1.67 bits per heavy atom. The van der Waals surface area contributed by atoms with E-state index < -0.39 is 14.9 Å². The predicted molar refractivity (Wildman–Crippen MR) is 27.7 cm³/mol. The van der Waals surface area contributed by atoms with E-state index in [1.807, 2.05) is 0 Å². The average Bonchev–Trinajstić information content (AvgIpc) is 1.63. The summed E-state index contributed by atoms with van der Waals surface area (Å²) < 4.78 is 40.1. The molecule has 1 atom stereocenters. The van der Waals surface area contributed by atoms with Gasteiger partial charge < -0.3 is 4.52 Å². The van der Waals surface area contributed by atoms with Crippen LogP contribution in [0.1, 0.15) is 6.92 Å². The van der Waals surface area contributed by atoms with Gasteiger partial charge in [0.2, 0.25) is 0 Å². The van der Waals surface area contributed by atoms with Crippen molar-refractivity contribution in [2.24, 2.45) is 0 Å². The Balaban J connectivity index is 3.27. The highest BCUT2D eigenvalue weighted by Crippen LogP contribution is 2.26. The summed E-state index contributed by atoms with van der Waals surface area (Å²) in [6, 6.07) is 0. The van der Waals surface area contributed by atoms with E-state index in [9.17, 15) is 13.3 Å². The van der Waals surface area contributed by atoms with E-state index in [0.717, 1.165) is 0 Å². The highest BCUT2D eigenvalue weighted by Gasteiger charge is 2.06. The summed E-state index contributed by atoms with van der Waals surface area (Å²) in [5.41, 5.74) is 0. The first-order valence-electron chi connectivity index (χ1n) is 2.28. The van der Waals surface area contributed by atoms with Gasteiger partial charge in [0.1, 0.15) is 0 Å². The van der Waals surface area contributed by atoms with Crippen LogP contribution in [0.3, 0.4) is 0 Å². The van der Waals surface area contributed by atoms with Crippen LogP contribution in [0.2, 0.25) is 0 Å². The van der Waals surface area contributed by atoms with Crippen molar-refractivity contribution in [3.05, 3.63) is 0 Å². The maximum Gasteiger partial charge on any atom is 0.351 e. The summed E-state index contributed by atoms with van der Waals surface area (Å²) >= 11 is 0. The van der Waals surface area contributed by atoms with Crippen molar-refractivity contribution in [2.45, 2.75) is 13.5 Å². The predicted octanol–water partition coefficient (Wildman–Crippen LogP) is 1.65. The lowest BCUT2D eigenvalue weighted by Crippen LogP contribution is -1.91. The molecule has 0 aromatic carbocycles. The molecule has 56 valence electrons. The fourth-order valence-electron chi connectivity index (χ4n) is 0.225. The SMILES string of the molecule is CCO[PH](=O)OC(F)F. The number of alkyl halides is 2. The summed E-state index contributed by atoms with van der Waals surface area (Å²) in [6.07, 6.45) is 0. The molecule has 0 rings (SSSR count). The molecule has 6 heteroatoms. The Labute approximate surface area is 51.9 Å². The normalized spacial score (nSPS) is 14.2. The Morgan fingerprint density at radius 3 is 2.56 bits per heavy atom. The van der Waals surface area contributed by atoms with Gasteiger partial charge in [0.15, 0.2) is 0 Å². The van der Waals surface area contributed by atoms with Crippen molar-refractivity contribution in [1.82, 2.24) is 0 Å². The molecule has 9 heavy (non-hydrogen) atoms. The van der Waals surface area contributed by atoms with Crippen molar-refractivity contribution in [1.29, 1.82) is 0 Å². The van der Waals surface area contributed by atoms with Gasteiger partial charge in [-0.2, -0.15) is 8.78 Å². The minimum absolute atomic E-state index is 0.116. The van der Waals surface area contributed by atoms with Gasteiger partial charge >= 0.3 is 14.9 Å². The molecule has 0 radical (unpaired) electrons. The van der Waals surface area contributed by atoms with Crippen LogP contribution in [0.25, 0.3) is 0 Å². The van der Waals surface area contributed by atoms with Gasteiger partial charge in [-0.3, -0.25) is 4.57 Å². The topological polar surface area (TPSA) is 35.5 Å². The molecule has 0 heterocycles. The first-order valence-corrected chi connectivity index (χ1v) is 3.51. The summed E-state index contributed by atoms with van der Waals surface area (Å²) in [6.45, 7) is -1.36. The molecule has 0 aliphatic carbocycles. The highest BCUT2D eigenvalue weighted by atomic mass is 31.1. The molecule has 0 bridgehead atoms. The number of hydrogen-bond acceptors (Lipinski definition) is 3. The molecule has 0 aromatic rings. The second-order valence-corrected chi connectivity index (χ2v) is 2.09. The number of rotatable bonds is 4. The minimum atomic E-state index is -3.01. The van der Waals surface area contributed by atoms with Gasteiger partial charge in [0.25, 0.3) is 0 Å². The third-order valence-corrected chi connectivity index (χ3v) is 1.34. The molecule has 0 saturated carbocycles. The zero-order valence-corrected chi connectivity index (χ0v) is 5.77. The van der Waals surface area contributed by atoms with E-state index in [-0.39, 0.29) is 6.61 Å². The summed E-state index contributed by atoms with van der Waals surface area (Å²) in [7, 11) is -2.94. The van der Waals surface area contributed by atoms with E-state index in [0.29, 0.717) is 0 Å². The zero-order chi connectivity index (χ0) is 7.28. The van der Waals surface area contributed by atoms with Crippen molar-refractivity contribution >= 4 is 8.25 Å². The molecule has 0 saturated heterocycles. The quantitative estimate of drug-likeness (QED) is 0.586. The molecule has 0 amide bonds. The van der Waals surface area contributed by atoms with Crippen LogP contribution in [-0.2, 0) is 13.6 Å². The molecule has 1 unspecified atom stereocenters.